The molecule has 200 valence electrons. The highest BCUT2D eigenvalue weighted by Gasteiger charge is 2.41. The van der Waals surface area contributed by atoms with Crippen molar-refractivity contribution in [2.75, 3.05) is 19.6 Å². The molecule has 0 unspecified atom stereocenters. The van der Waals surface area contributed by atoms with E-state index in [1.165, 1.54) is 11.6 Å². The molecule has 6 nitrogen and oxygen atoms in total. The van der Waals surface area contributed by atoms with Crippen LogP contribution in [0.1, 0.15) is 35.0 Å². The normalized spacial score (nSPS) is 14.3. The van der Waals surface area contributed by atoms with Crippen molar-refractivity contribution in [2.45, 2.75) is 19.5 Å². The predicted octanol–water partition coefficient (Wildman–Crippen LogP) is 7.08. The zero-order chi connectivity index (χ0) is 27.7. The number of nitrogens with zero attached hydrogens (tertiary/aromatic N) is 4. The van der Waals surface area contributed by atoms with Gasteiger partial charge in [0.1, 0.15) is 5.56 Å². The fourth-order valence-electron chi connectivity index (χ4n) is 4.75. The van der Waals surface area contributed by atoms with E-state index >= 15 is 0 Å². The number of hydrogen-bond donors (Lipinski definition) is 1. The Labute approximate surface area is 228 Å². The summed E-state index contributed by atoms with van der Waals surface area (Å²) in [5, 5.41) is 13.4. The number of aromatic carboxylic acids is 1. The molecular weight excluding hydrogens is 529 g/mol. The van der Waals surface area contributed by atoms with Crippen LogP contribution in [-0.2, 0) is 6.18 Å². The van der Waals surface area contributed by atoms with Gasteiger partial charge in [-0.15, -0.1) is 0 Å². The summed E-state index contributed by atoms with van der Waals surface area (Å²) in [6, 6.07) is 18.0. The first-order valence-corrected chi connectivity index (χ1v) is 12.7. The van der Waals surface area contributed by atoms with E-state index in [2.05, 4.69) is 40.1 Å². The van der Waals surface area contributed by atoms with Gasteiger partial charge in [-0.1, -0.05) is 61.0 Å². The lowest BCUT2D eigenvalue weighted by molar-refractivity contribution is -0.143. The number of carboxylic acids is 1. The van der Waals surface area contributed by atoms with Crippen molar-refractivity contribution in [3.05, 3.63) is 94.8 Å². The van der Waals surface area contributed by atoms with Gasteiger partial charge >= 0.3 is 12.1 Å². The minimum Gasteiger partial charge on any atom is -0.478 e. The van der Waals surface area contributed by atoms with E-state index in [1.807, 2.05) is 18.2 Å². The van der Waals surface area contributed by atoms with E-state index in [-0.39, 0.29) is 5.82 Å². The number of aromatic nitrogens is 3. The lowest BCUT2D eigenvalue weighted by Crippen LogP contribution is -2.27. The van der Waals surface area contributed by atoms with Crippen molar-refractivity contribution in [1.29, 1.82) is 0 Å². The highest BCUT2D eigenvalue weighted by Crippen LogP contribution is 2.36. The number of carboxylic acid groups (broad SMARTS) is 1. The fraction of sp³-hybridized carbons (Fsp3) is 0.207. The molecule has 4 aromatic rings. The number of carbonyl (C=O) groups is 1. The molecule has 39 heavy (non-hydrogen) atoms. The third-order valence-electron chi connectivity index (χ3n) is 6.78. The Morgan fingerprint density at radius 1 is 1.05 bits per heavy atom. The van der Waals surface area contributed by atoms with Crippen LogP contribution in [0.2, 0.25) is 5.02 Å². The topological polar surface area (TPSA) is 71.2 Å². The number of halogens is 4. The molecule has 0 amide bonds. The summed E-state index contributed by atoms with van der Waals surface area (Å²) in [4.78, 5) is 18.2. The number of pyridine rings is 1. The highest BCUT2D eigenvalue weighted by atomic mass is 35.5. The molecule has 0 saturated heterocycles. The minimum atomic E-state index is -4.95. The molecule has 0 spiro atoms. The highest BCUT2D eigenvalue weighted by molar-refractivity contribution is 6.31. The Kier molecular flexibility index (Phi) is 7.29. The molecule has 0 aliphatic carbocycles. The van der Waals surface area contributed by atoms with Crippen LogP contribution < -0.4 is 0 Å². The van der Waals surface area contributed by atoms with Gasteiger partial charge in [-0.3, -0.25) is 4.90 Å². The maximum atomic E-state index is 13.8. The Hall–Kier alpha value is -3.95. The van der Waals surface area contributed by atoms with Crippen molar-refractivity contribution in [3.8, 4) is 28.2 Å². The van der Waals surface area contributed by atoms with E-state index in [0.717, 1.165) is 42.7 Å². The first-order valence-electron chi connectivity index (χ1n) is 12.3. The van der Waals surface area contributed by atoms with E-state index in [0.29, 0.717) is 27.2 Å². The van der Waals surface area contributed by atoms with Crippen LogP contribution in [0.5, 0.6) is 0 Å². The van der Waals surface area contributed by atoms with E-state index in [9.17, 15) is 23.1 Å². The number of likely N-dealkylation sites (N-methyl/N-ethyl adjacent to an activating group) is 1. The molecular formula is C29H24ClF3N4O2. The lowest BCUT2D eigenvalue weighted by atomic mass is 9.94. The summed E-state index contributed by atoms with van der Waals surface area (Å²) < 4.78 is 41.8. The van der Waals surface area contributed by atoms with Crippen molar-refractivity contribution >= 4 is 23.1 Å². The van der Waals surface area contributed by atoms with Crippen molar-refractivity contribution < 1.29 is 23.1 Å². The summed E-state index contributed by atoms with van der Waals surface area (Å²) in [5.74, 6) is -1.89. The summed E-state index contributed by atoms with van der Waals surface area (Å²) >= 11 is 6.31. The van der Waals surface area contributed by atoms with Crippen LogP contribution in [0, 0.1) is 0 Å². The van der Waals surface area contributed by atoms with Crippen LogP contribution >= 0.6 is 11.6 Å². The van der Waals surface area contributed by atoms with E-state index < -0.39 is 23.4 Å². The molecule has 0 fully saturated rings. The smallest absolute Gasteiger partial charge is 0.434 e. The van der Waals surface area contributed by atoms with Gasteiger partial charge in [-0.2, -0.15) is 18.3 Å². The minimum absolute atomic E-state index is 0.168. The van der Waals surface area contributed by atoms with Gasteiger partial charge in [-0.05, 0) is 59.5 Å². The lowest BCUT2D eigenvalue weighted by Gasteiger charge is -2.25. The summed E-state index contributed by atoms with van der Waals surface area (Å²) in [6.07, 6.45) is -1.04. The molecule has 2 aromatic heterocycles. The molecule has 5 rings (SSSR count). The van der Waals surface area contributed by atoms with Crippen LogP contribution in [0.25, 0.3) is 33.8 Å². The first kappa shape index (κ1) is 26.6. The number of rotatable bonds is 6. The SMILES string of the molecule is CCN1CC=C(c2ccc(-c3ccc(Cl)cc3-c3cccc(-n4ncc(C(=O)O)c4C(F)(F)F)n3)cc2)CC1. The number of hydrogen-bond acceptors (Lipinski definition) is 4. The second-order valence-electron chi connectivity index (χ2n) is 9.14. The van der Waals surface area contributed by atoms with Crippen LogP contribution in [0.4, 0.5) is 13.2 Å². The van der Waals surface area contributed by atoms with E-state index in [4.69, 9.17) is 11.6 Å². The average molecular weight is 553 g/mol. The number of alkyl halides is 3. The Morgan fingerprint density at radius 2 is 1.79 bits per heavy atom. The largest absolute Gasteiger partial charge is 0.478 e. The van der Waals surface area contributed by atoms with Crippen LogP contribution in [0.3, 0.4) is 0 Å². The molecule has 1 N–H and O–H groups in total. The molecule has 0 radical (unpaired) electrons. The molecule has 0 saturated carbocycles. The van der Waals surface area contributed by atoms with Gasteiger partial charge in [0.25, 0.3) is 0 Å². The maximum absolute atomic E-state index is 13.8. The fourth-order valence-corrected chi connectivity index (χ4v) is 4.92. The zero-order valence-electron chi connectivity index (χ0n) is 20.9. The molecule has 10 heteroatoms. The Bertz CT molecular complexity index is 1560. The van der Waals surface area contributed by atoms with Gasteiger partial charge in [0, 0.05) is 23.7 Å². The van der Waals surface area contributed by atoms with Crippen LogP contribution in [0.15, 0.2) is 72.9 Å². The summed E-state index contributed by atoms with van der Waals surface area (Å²) in [7, 11) is 0. The molecule has 2 aromatic carbocycles. The van der Waals surface area contributed by atoms with Crippen molar-refractivity contribution in [1.82, 2.24) is 19.7 Å². The maximum Gasteiger partial charge on any atom is 0.434 e. The second-order valence-corrected chi connectivity index (χ2v) is 9.58. The monoisotopic (exact) mass is 552 g/mol. The van der Waals surface area contributed by atoms with Gasteiger partial charge in [0.2, 0.25) is 0 Å². The summed E-state index contributed by atoms with van der Waals surface area (Å²) in [5.41, 5.74) is 2.78. The standard InChI is InChI=1S/C29H24ClF3N4O2/c1-2-36-14-12-19(13-15-36)18-6-8-20(9-7-18)22-11-10-21(30)16-23(22)25-4-3-5-26(35-25)37-27(29(31,32)33)24(17-34-37)28(38)39/h3-12,16-17H,2,13-15H2,1H3,(H,38,39). The van der Waals surface area contributed by atoms with Crippen molar-refractivity contribution in [3.63, 3.8) is 0 Å². The molecule has 1 aliphatic rings. The van der Waals surface area contributed by atoms with Crippen LogP contribution in [-0.4, -0.2) is 50.4 Å². The average Bonchev–Trinajstić information content (AvgIpc) is 3.40. The first-order chi connectivity index (χ1) is 18.7. The molecule has 3 heterocycles. The molecule has 0 bridgehead atoms. The third-order valence-corrected chi connectivity index (χ3v) is 7.02. The molecule has 1 aliphatic heterocycles. The van der Waals surface area contributed by atoms with Gasteiger partial charge in [-0.25, -0.2) is 14.5 Å². The Morgan fingerprint density at radius 3 is 2.44 bits per heavy atom. The Balaban J connectivity index is 1.54. The van der Waals surface area contributed by atoms with E-state index in [1.54, 1.807) is 24.3 Å². The second kappa shape index (κ2) is 10.7. The predicted molar refractivity (Wildman–Crippen MR) is 144 cm³/mol. The van der Waals surface area contributed by atoms with Crippen molar-refractivity contribution in [2.24, 2.45) is 0 Å². The quantitative estimate of drug-likeness (QED) is 0.277. The van der Waals surface area contributed by atoms with Gasteiger partial charge in [0.05, 0.1) is 11.9 Å². The van der Waals surface area contributed by atoms with Gasteiger partial charge in [0.15, 0.2) is 11.5 Å². The third kappa shape index (κ3) is 5.46. The number of benzene rings is 2. The zero-order valence-corrected chi connectivity index (χ0v) is 21.7. The summed E-state index contributed by atoms with van der Waals surface area (Å²) in [6.45, 7) is 5.13. The van der Waals surface area contributed by atoms with Gasteiger partial charge < -0.3 is 5.11 Å². The molecule has 0 atom stereocenters.